The fourth-order valence-electron chi connectivity index (χ4n) is 2.76. The molecule has 6 heteroatoms. The van der Waals surface area contributed by atoms with Gasteiger partial charge in [0, 0.05) is 10.0 Å². The number of urea groups is 1. The molecule has 24 heavy (non-hydrogen) atoms. The first kappa shape index (κ1) is 16.2. The van der Waals surface area contributed by atoms with E-state index in [2.05, 4.69) is 21.2 Å². The van der Waals surface area contributed by atoms with Crippen LogP contribution in [0.4, 0.5) is 4.79 Å². The minimum absolute atomic E-state index is 0.163. The lowest BCUT2D eigenvalue weighted by Crippen LogP contribution is -2.41. The number of hydrogen-bond donors (Lipinski definition) is 1. The molecule has 0 spiro atoms. The molecule has 2 aromatic carbocycles. The summed E-state index contributed by atoms with van der Waals surface area (Å²) < 4.78 is 0.765. The van der Waals surface area contributed by atoms with Crippen LogP contribution in [0.15, 0.2) is 53.0 Å². The fraction of sp³-hybridized carbons (Fsp3) is 0.167. The number of imide groups is 1. The fourth-order valence-corrected chi connectivity index (χ4v) is 3.44. The second-order valence-electron chi connectivity index (χ2n) is 5.74. The Morgan fingerprint density at radius 3 is 2.46 bits per heavy atom. The molecule has 1 fully saturated rings. The Balaban J connectivity index is 1.89. The Labute approximate surface area is 148 Å². The number of amides is 3. The molecule has 3 amide bonds. The monoisotopic (exact) mass is 383 g/mol. The minimum Gasteiger partial charge on any atom is -0.319 e. The van der Waals surface area contributed by atoms with Crippen molar-refractivity contribution in [2.45, 2.75) is 19.0 Å². The van der Waals surface area contributed by atoms with E-state index < -0.39 is 11.6 Å². The molecule has 5 nitrogen and oxygen atoms in total. The van der Waals surface area contributed by atoms with Crippen molar-refractivity contribution in [3.05, 3.63) is 69.7 Å². The van der Waals surface area contributed by atoms with Gasteiger partial charge in [0.2, 0.25) is 0 Å². The number of nitrogens with one attached hydrogen (secondary N) is 1. The van der Waals surface area contributed by atoms with Gasteiger partial charge in [0.25, 0.3) is 5.91 Å². The predicted octanol–water partition coefficient (Wildman–Crippen LogP) is 3.29. The van der Waals surface area contributed by atoms with Crippen LogP contribution in [0.3, 0.4) is 0 Å². The van der Waals surface area contributed by atoms with Crippen molar-refractivity contribution >= 4 is 27.9 Å². The normalized spacial score (nSPS) is 20.0. The van der Waals surface area contributed by atoms with E-state index in [-0.39, 0.29) is 12.5 Å². The van der Waals surface area contributed by atoms with Crippen LogP contribution in [0.5, 0.6) is 0 Å². The highest BCUT2D eigenvalue weighted by Gasteiger charge is 2.49. The lowest BCUT2D eigenvalue weighted by atomic mass is 9.92. The lowest BCUT2D eigenvalue weighted by Gasteiger charge is -2.23. The molecule has 1 aliphatic heterocycles. The number of rotatable bonds is 3. The smallest absolute Gasteiger partial charge is 0.319 e. The minimum atomic E-state index is -1.11. The van der Waals surface area contributed by atoms with E-state index in [1.54, 1.807) is 31.2 Å². The molecule has 0 aliphatic carbocycles. The largest absolute Gasteiger partial charge is 0.325 e. The maximum atomic E-state index is 12.9. The van der Waals surface area contributed by atoms with E-state index in [0.717, 1.165) is 10.0 Å². The summed E-state index contributed by atoms with van der Waals surface area (Å²) in [7, 11) is 0. The van der Waals surface area contributed by atoms with Crippen LogP contribution in [0.25, 0.3) is 0 Å². The van der Waals surface area contributed by atoms with Crippen LogP contribution in [0.2, 0.25) is 0 Å². The molecule has 0 saturated carbocycles. The van der Waals surface area contributed by atoms with Gasteiger partial charge in [0.15, 0.2) is 0 Å². The van der Waals surface area contributed by atoms with Crippen LogP contribution in [-0.2, 0) is 16.9 Å². The Kier molecular flexibility index (Phi) is 4.12. The summed E-state index contributed by atoms with van der Waals surface area (Å²) in [5.74, 6) is -0.302. The first-order valence-corrected chi connectivity index (χ1v) is 8.13. The van der Waals surface area contributed by atoms with Gasteiger partial charge in [0.1, 0.15) is 5.54 Å². The third-order valence-corrected chi connectivity index (χ3v) is 4.80. The van der Waals surface area contributed by atoms with E-state index >= 15 is 0 Å². The zero-order valence-electron chi connectivity index (χ0n) is 12.9. The zero-order chi connectivity index (χ0) is 17.3. The van der Waals surface area contributed by atoms with Crippen molar-refractivity contribution in [3.8, 4) is 6.07 Å². The SMILES string of the molecule is C[C@]1(c2ccccc2Br)NC(=O)N(Cc2ccc(C#N)cc2)C1=O. The summed E-state index contributed by atoms with van der Waals surface area (Å²) >= 11 is 3.44. The van der Waals surface area contributed by atoms with Crippen molar-refractivity contribution in [1.82, 2.24) is 10.2 Å². The first-order chi connectivity index (χ1) is 11.5. The van der Waals surface area contributed by atoms with Crippen LogP contribution in [0, 0.1) is 11.3 Å². The van der Waals surface area contributed by atoms with Gasteiger partial charge in [-0.15, -0.1) is 0 Å². The highest BCUT2D eigenvalue weighted by atomic mass is 79.9. The van der Waals surface area contributed by atoms with Crippen molar-refractivity contribution in [2.24, 2.45) is 0 Å². The highest BCUT2D eigenvalue weighted by molar-refractivity contribution is 9.10. The summed E-state index contributed by atoms with van der Waals surface area (Å²) in [4.78, 5) is 26.4. The van der Waals surface area contributed by atoms with E-state index in [1.807, 2.05) is 30.3 Å². The van der Waals surface area contributed by atoms with E-state index in [1.165, 1.54) is 4.90 Å². The number of carbonyl (C=O) groups is 2. The summed E-state index contributed by atoms with van der Waals surface area (Å²) in [6, 6.07) is 15.8. The van der Waals surface area contributed by atoms with E-state index in [0.29, 0.717) is 11.1 Å². The topological polar surface area (TPSA) is 73.2 Å². The van der Waals surface area contributed by atoms with Gasteiger partial charge >= 0.3 is 6.03 Å². The molecular weight excluding hydrogens is 370 g/mol. The molecule has 0 aromatic heterocycles. The van der Waals surface area contributed by atoms with E-state index in [4.69, 9.17) is 5.26 Å². The van der Waals surface area contributed by atoms with Gasteiger partial charge in [0.05, 0.1) is 18.2 Å². The maximum absolute atomic E-state index is 12.9. The third kappa shape index (κ3) is 2.68. The third-order valence-electron chi connectivity index (χ3n) is 4.11. The van der Waals surface area contributed by atoms with Crippen LogP contribution in [-0.4, -0.2) is 16.8 Å². The van der Waals surface area contributed by atoms with Crippen molar-refractivity contribution < 1.29 is 9.59 Å². The molecule has 1 atom stereocenters. The molecule has 1 saturated heterocycles. The average Bonchev–Trinajstić information content (AvgIpc) is 2.80. The summed E-state index contributed by atoms with van der Waals surface area (Å²) in [6.45, 7) is 1.86. The Hall–Kier alpha value is -2.65. The quantitative estimate of drug-likeness (QED) is 0.826. The Morgan fingerprint density at radius 1 is 1.17 bits per heavy atom. The zero-order valence-corrected chi connectivity index (χ0v) is 14.5. The van der Waals surface area contributed by atoms with Crippen LogP contribution >= 0.6 is 15.9 Å². The molecule has 0 radical (unpaired) electrons. The van der Waals surface area contributed by atoms with Gasteiger partial charge < -0.3 is 5.32 Å². The number of nitriles is 1. The number of carbonyl (C=O) groups excluding carboxylic acids is 2. The van der Waals surface area contributed by atoms with Crippen molar-refractivity contribution in [2.75, 3.05) is 0 Å². The Bertz CT molecular complexity index is 857. The van der Waals surface area contributed by atoms with Crippen LogP contribution in [0.1, 0.15) is 23.6 Å². The molecule has 1 aliphatic rings. The molecule has 0 bridgehead atoms. The average molecular weight is 384 g/mol. The van der Waals surface area contributed by atoms with Crippen molar-refractivity contribution in [3.63, 3.8) is 0 Å². The highest BCUT2D eigenvalue weighted by Crippen LogP contribution is 2.34. The molecule has 2 aromatic rings. The summed E-state index contributed by atoms with van der Waals surface area (Å²) in [5.41, 5.74) is 0.928. The van der Waals surface area contributed by atoms with Gasteiger partial charge in [-0.05, 0) is 30.7 Å². The van der Waals surface area contributed by atoms with Gasteiger partial charge in [-0.1, -0.05) is 46.3 Å². The molecule has 3 rings (SSSR count). The molecular formula is C18H14BrN3O2. The van der Waals surface area contributed by atoms with Crippen LogP contribution < -0.4 is 5.32 Å². The van der Waals surface area contributed by atoms with Gasteiger partial charge in [-0.3, -0.25) is 9.69 Å². The number of hydrogen-bond acceptors (Lipinski definition) is 3. The number of halogens is 1. The van der Waals surface area contributed by atoms with Gasteiger partial charge in [-0.25, -0.2) is 4.79 Å². The molecule has 0 unspecified atom stereocenters. The number of benzene rings is 2. The standard InChI is InChI=1S/C18H14BrN3O2/c1-18(14-4-2-3-5-15(14)19)16(23)22(17(24)21-18)11-13-8-6-12(10-20)7-9-13/h2-9H,11H2,1H3,(H,21,24)/t18-/m1/s1. The molecule has 1 heterocycles. The van der Waals surface area contributed by atoms with Gasteiger partial charge in [-0.2, -0.15) is 5.26 Å². The second kappa shape index (κ2) is 6.10. The summed E-state index contributed by atoms with van der Waals surface area (Å²) in [6.07, 6.45) is 0. The van der Waals surface area contributed by atoms with E-state index in [9.17, 15) is 9.59 Å². The maximum Gasteiger partial charge on any atom is 0.325 e. The van der Waals surface area contributed by atoms with Crippen molar-refractivity contribution in [1.29, 1.82) is 5.26 Å². The number of nitrogens with zero attached hydrogens (tertiary/aromatic N) is 2. The lowest BCUT2D eigenvalue weighted by molar-refractivity contribution is -0.131. The summed E-state index contributed by atoms with van der Waals surface area (Å²) in [5, 5.41) is 11.6. The molecule has 1 N–H and O–H groups in total. The second-order valence-corrected chi connectivity index (χ2v) is 6.59. The molecule has 120 valence electrons. The first-order valence-electron chi connectivity index (χ1n) is 7.34. The predicted molar refractivity (Wildman–Crippen MR) is 91.7 cm³/mol. The Morgan fingerprint density at radius 2 is 1.83 bits per heavy atom.